The third-order valence-corrected chi connectivity index (χ3v) is 9.31. The van der Waals surface area contributed by atoms with Gasteiger partial charge in [0.2, 0.25) is 29.1 Å². The van der Waals surface area contributed by atoms with Gasteiger partial charge in [0.15, 0.2) is 9.84 Å². The van der Waals surface area contributed by atoms with Crippen LogP contribution in [-0.2, 0) is 26.8 Å². The lowest BCUT2D eigenvalue weighted by atomic mass is 10.0. The van der Waals surface area contributed by atoms with Gasteiger partial charge in [-0.05, 0) is 43.0 Å². The predicted octanol–water partition coefficient (Wildman–Crippen LogP) is 3.47. The molecule has 3 N–H and O–H groups in total. The van der Waals surface area contributed by atoms with E-state index in [-0.39, 0.29) is 22.7 Å². The summed E-state index contributed by atoms with van der Waals surface area (Å²) in [6.07, 6.45) is -3.86. The van der Waals surface area contributed by atoms with Crippen molar-refractivity contribution in [3.8, 4) is 22.8 Å². The molecule has 1 unspecified atom stereocenters. The van der Waals surface area contributed by atoms with E-state index >= 15 is 0 Å². The Morgan fingerprint density at radius 1 is 1.09 bits per heavy atom. The summed E-state index contributed by atoms with van der Waals surface area (Å²) in [5, 5.41) is 21.3. The number of rotatable bonds is 7. The van der Waals surface area contributed by atoms with Crippen LogP contribution in [-0.4, -0.2) is 57.7 Å². The van der Waals surface area contributed by atoms with Gasteiger partial charge in [0.25, 0.3) is 5.89 Å². The third kappa shape index (κ3) is 5.19. The first kappa shape index (κ1) is 28.9. The lowest BCUT2D eigenvalue weighted by Crippen LogP contribution is -2.45. The van der Waals surface area contributed by atoms with Crippen LogP contribution in [0.2, 0.25) is 0 Å². The molecule has 1 aliphatic heterocycles. The quantitative estimate of drug-likeness (QED) is 0.310. The average Bonchev–Trinajstić information content (AvgIpc) is 3.49. The van der Waals surface area contributed by atoms with Gasteiger partial charge in [-0.3, -0.25) is 4.79 Å². The summed E-state index contributed by atoms with van der Waals surface area (Å²) in [6.45, 7) is 1.02. The Labute approximate surface area is 242 Å². The number of aromatic nitrogens is 4. The number of benzene rings is 2. The number of nitrogens with zero attached hydrogens (tertiary/aromatic N) is 5. The Hall–Kier alpha value is -4.15. The van der Waals surface area contributed by atoms with Crippen LogP contribution in [0.1, 0.15) is 49.4 Å². The normalized spacial score (nSPS) is 20.0. The molecule has 1 aliphatic carbocycles. The van der Waals surface area contributed by atoms with E-state index < -0.39 is 57.5 Å². The maximum absolute atomic E-state index is 13.5. The molecule has 0 bridgehead atoms. The third-order valence-electron chi connectivity index (χ3n) is 7.49. The van der Waals surface area contributed by atoms with E-state index in [0.717, 1.165) is 19.8 Å². The second-order valence-electron chi connectivity index (χ2n) is 10.5. The van der Waals surface area contributed by atoms with Gasteiger partial charge in [0.1, 0.15) is 0 Å². The number of alkyl halides is 3. The lowest BCUT2D eigenvalue weighted by molar-refractivity contribution is -0.275. The summed E-state index contributed by atoms with van der Waals surface area (Å²) in [5.74, 6) is -1.51. The molecule has 0 spiro atoms. The summed E-state index contributed by atoms with van der Waals surface area (Å²) in [4.78, 5) is 18.8. The topological polar surface area (TPSA) is 179 Å². The van der Waals surface area contributed by atoms with Crippen LogP contribution in [0, 0.1) is 0 Å². The molecule has 6 rings (SSSR count). The van der Waals surface area contributed by atoms with Gasteiger partial charge in [0.05, 0.1) is 28.9 Å². The average molecular weight is 619 g/mol. The molecule has 2 aromatic carbocycles. The Morgan fingerprint density at radius 3 is 2.44 bits per heavy atom. The van der Waals surface area contributed by atoms with Crippen molar-refractivity contribution in [2.45, 2.75) is 61.4 Å². The highest BCUT2D eigenvalue weighted by Gasteiger charge is 2.57. The highest BCUT2D eigenvalue weighted by atomic mass is 32.2. The maximum atomic E-state index is 13.5. The second-order valence-corrected chi connectivity index (χ2v) is 12.5. The van der Waals surface area contributed by atoms with E-state index in [4.69, 9.17) is 14.7 Å². The van der Waals surface area contributed by atoms with Crippen molar-refractivity contribution < 1.29 is 40.4 Å². The van der Waals surface area contributed by atoms with Gasteiger partial charge in [-0.2, -0.15) is 18.2 Å². The number of halogens is 3. The first-order valence-corrected chi connectivity index (χ1v) is 15.0. The number of hydrogen-bond acceptors (Lipinski definition) is 11. The van der Waals surface area contributed by atoms with Crippen molar-refractivity contribution in [2.24, 2.45) is 5.73 Å². The largest absolute Gasteiger partial charge is 0.426 e. The number of carbonyl (C=O) groups excluding carboxylic acids is 1. The van der Waals surface area contributed by atoms with Crippen molar-refractivity contribution in [1.82, 2.24) is 20.3 Å². The first-order valence-electron chi connectivity index (χ1n) is 13.3. The molecule has 1 fully saturated rings. The van der Waals surface area contributed by atoms with E-state index in [0.29, 0.717) is 28.8 Å². The highest BCUT2D eigenvalue weighted by molar-refractivity contribution is 7.91. The standard InChI is InChI=1S/C27H25F3N6O6S/c1-2-26(38,27(28,29)30)25-34-33-23(41-25)17-9-10-20-19(11-17)36(24(37)18(31)13-43(20,39)40)12-14-3-5-15(6-4-14)21-32-22(42-35-21)16-7-8-16/h3-6,9-11,16,18,38H,2,7-8,12-13,31H2,1H3/t18-,26?/m0/s1. The number of aliphatic hydroxyl groups is 1. The molecule has 12 nitrogen and oxygen atoms in total. The summed E-state index contributed by atoms with van der Waals surface area (Å²) in [6, 6.07) is 9.27. The van der Waals surface area contributed by atoms with Gasteiger partial charge < -0.3 is 24.7 Å². The highest BCUT2D eigenvalue weighted by Crippen LogP contribution is 2.42. The molecule has 2 aromatic heterocycles. The van der Waals surface area contributed by atoms with Crippen LogP contribution < -0.4 is 10.6 Å². The number of anilines is 1. The van der Waals surface area contributed by atoms with Crippen molar-refractivity contribution in [3.63, 3.8) is 0 Å². The molecule has 3 heterocycles. The monoisotopic (exact) mass is 618 g/mol. The van der Waals surface area contributed by atoms with E-state index in [2.05, 4.69) is 20.3 Å². The van der Waals surface area contributed by atoms with E-state index in [1.165, 1.54) is 23.1 Å². The maximum Gasteiger partial charge on any atom is 0.426 e. The number of sulfone groups is 1. The predicted molar refractivity (Wildman–Crippen MR) is 143 cm³/mol. The zero-order valence-electron chi connectivity index (χ0n) is 22.6. The van der Waals surface area contributed by atoms with E-state index in [1.807, 2.05) is 0 Å². The molecule has 43 heavy (non-hydrogen) atoms. The fraction of sp³-hybridized carbons (Fsp3) is 0.370. The molecule has 226 valence electrons. The Balaban J connectivity index is 1.35. The van der Waals surface area contributed by atoms with Gasteiger partial charge in [-0.25, -0.2) is 8.42 Å². The second kappa shape index (κ2) is 10.2. The van der Waals surface area contributed by atoms with Gasteiger partial charge in [-0.1, -0.05) is 36.3 Å². The molecule has 2 atom stereocenters. The summed E-state index contributed by atoms with van der Waals surface area (Å²) in [7, 11) is -4.04. The lowest BCUT2D eigenvalue weighted by Gasteiger charge is -2.25. The molecule has 16 heteroatoms. The van der Waals surface area contributed by atoms with E-state index in [9.17, 15) is 31.5 Å². The smallest absolute Gasteiger partial charge is 0.417 e. The fourth-order valence-electron chi connectivity index (χ4n) is 4.77. The first-order chi connectivity index (χ1) is 20.3. The van der Waals surface area contributed by atoms with Crippen LogP contribution in [0.5, 0.6) is 0 Å². The number of carbonyl (C=O) groups is 1. The molecule has 1 amide bonds. The summed E-state index contributed by atoms with van der Waals surface area (Å²) >= 11 is 0. The van der Waals surface area contributed by atoms with Gasteiger partial charge >= 0.3 is 6.18 Å². The van der Waals surface area contributed by atoms with Gasteiger partial charge in [0, 0.05) is 17.0 Å². The Morgan fingerprint density at radius 2 is 1.79 bits per heavy atom. The number of nitrogens with two attached hydrogens (primary N) is 1. The summed E-state index contributed by atoms with van der Waals surface area (Å²) in [5.41, 5.74) is 3.88. The van der Waals surface area contributed by atoms with Crippen LogP contribution in [0.15, 0.2) is 56.3 Å². The minimum Gasteiger partial charge on any atom is -0.417 e. The molecule has 4 aromatic rings. The van der Waals surface area contributed by atoms with Crippen LogP contribution >= 0.6 is 0 Å². The van der Waals surface area contributed by atoms with Crippen molar-refractivity contribution in [1.29, 1.82) is 0 Å². The minimum absolute atomic E-state index is 0.0283. The molecule has 0 radical (unpaired) electrons. The van der Waals surface area contributed by atoms with Crippen LogP contribution in [0.4, 0.5) is 18.9 Å². The van der Waals surface area contributed by atoms with Crippen LogP contribution in [0.25, 0.3) is 22.8 Å². The summed E-state index contributed by atoms with van der Waals surface area (Å²) < 4.78 is 77.4. The Kier molecular flexibility index (Phi) is 6.89. The van der Waals surface area contributed by atoms with Gasteiger partial charge in [-0.15, -0.1) is 10.2 Å². The number of fused-ring (bicyclic) bond motifs is 1. The number of amides is 1. The number of hydrogen-bond donors (Lipinski definition) is 2. The van der Waals surface area contributed by atoms with Crippen molar-refractivity contribution in [3.05, 3.63) is 59.8 Å². The molecule has 0 saturated heterocycles. The fourth-order valence-corrected chi connectivity index (χ4v) is 6.33. The van der Waals surface area contributed by atoms with Crippen molar-refractivity contribution in [2.75, 3.05) is 10.7 Å². The SMILES string of the molecule is CCC(O)(c1nnc(-c2ccc3c(c2)N(Cc2ccc(-c4noc(C5CC5)n4)cc2)C(=O)[C@@H](N)CS3(=O)=O)o1)C(F)(F)F. The zero-order chi connectivity index (χ0) is 30.7. The van der Waals surface area contributed by atoms with Crippen molar-refractivity contribution >= 4 is 21.4 Å². The molecular formula is C27H25F3N6O6S. The Bertz CT molecular complexity index is 1800. The van der Waals surface area contributed by atoms with E-state index in [1.54, 1.807) is 24.3 Å². The molecule has 2 aliphatic rings. The molecule has 1 saturated carbocycles. The minimum atomic E-state index is -5.09. The van der Waals surface area contributed by atoms with Crippen LogP contribution in [0.3, 0.4) is 0 Å². The zero-order valence-corrected chi connectivity index (χ0v) is 23.4. The molecular weight excluding hydrogens is 593 g/mol.